The lowest BCUT2D eigenvalue weighted by Gasteiger charge is -2.29. The first kappa shape index (κ1) is 18.7. The first-order valence-electron chi connectivity index (χ1n) is 7.63. The van der Waals surface area contributed by atoms with Crippen molar-refractivity contribution in [1.82, 2.24) is 15.1 Å². The molecule has 7 nitrogen and oxygen atoms in total. The highest BCUT2D eigenvalue weighted by molar-refractivity contribution is 5.80. The van der Waals surface area contributed by atoms with E-state index in [0.717, 1.165) is 0 Å². The van der Waals surface area contributed by atoms with Crippen molar-refractivity contribution in [3.8, 4) is 0 Å². The Kier molecular flexibility index (Phi) is 6.62. The largest absolute Gasteiger partial charge is 0.444 e. The van der Waals surface area contributed by atoms with Crippen LogP contribution in [-0.2, 0) is 14.3 Å². The zero-order chi connectivity index (χ0) is 16.9. The Balaban J connectivity index is 2.62. The van der Waals surface area contributed by atoms with Crippen LogP contribution in [0.15, 0.2) is 0 Å². The maximum absolute atomic E-state index is 12.2. The van der Waals surface area contributed by atoms with Crippen LogP contribution in [0, 0.1) is 0 Å². The highest BCUT2D eigenvalue weighted by Gasteiger charge is 2.28. The molecule has 0 saturated carbocycles. The number of hydrogen-bond donors (Lipinski definition) is 1. The maximum atomic E-state index is 12.2. The number of carbonyl (C=O) groups excluding carboxylic acids is 2. The van der Waals surface area contributed by atoms with Gasteiger partial charge in [-0.2, -0.15) is 0 Å². The number of nitrogens with zero attached hydrogens (tertiary/aromatic N) is 2. The average Bonchev–Trinajstić information content (AvgIpc) is 2.61. The fraction of sp³-hybridized carbons (Fsp3) is 0.867. The van der Waals surface area contributed by atoms with Crippen LogP contribution < -0.4 is 5.32 Å². The summed E-state index contributed by atoms with van der Waals surface area (Å²) in [5.74, 6) is -0.00642. The Hall–Kier alpha value is -1.34. The Bertz CT molecular complexity index is 393. The van der Waals surface area contributed by atoms with Gasteiger partial charge in [-0.1, -0.05) is 0 Å². The fourth-order valence-electron chi connectivity index (χ4n) is 2.22. The lowest BCUT2D eigenvalue weighted by atomic mass is 10.2. The molecule has 7 heteroatoms. The molecule has 1 unspecified atom stereocenters. The normalized spacial score (nSPS) is 21.0. The number of nitrogens with one attached hydrogen (secondary N) is 1. The van der Waals surface area contributed by atoms with Crippen LogP contribution in [0.5, 0.6) is 0 Å². The molecule has 1 rings (SSSR count). The van der Waals surface area contributed by atoms with Crippen LogP contribution in [0.4, 0.5) is 4.79 Å². The van der Waals surface area contributed by atoms with E-state index in [2.05, 4.69) is 5.32 Å². The van der Waals surface area contributed by atoms with Crippen LogP contribution in [0.25, 0.3) is 0 Å². The summed E-state index contributed by atoms with van der Waals surface area (Å²) in [5, 5.41) is 3.22. The molecule has 0 aromatic heterocycles. The smallest absolute Gasteiger partial charge is 0.410 e. The van der Waals surface area contributed by atoms with Crippen molar-refractivity contribution in [3.63, 3.8) is 0 Å². The Morgan fingerprint density at radius 2 is 2.00 bits per heavy atom. The van der Waals surface area contributed by atoms with Gasteiger partial charge in [0.1, 0.15) is 5.60 Å². The first-order valence-corrected chi connectivity index (χ1v) is 7.63. The number of rotatable bonds is 3. The lowest BCUT2D eigenvalue weighted by Crippen LogP contribution is -2.52. The van der Waals surface area contributed by atoms with Gasteiger partial charge in [-0.3, -0.25) is 10.1 Å². The van der Waals surface area contributed by atoms with Gasteiger partial charge in [-0.05, 0) is 27.7 Å². The molecule has 0 aromatic carbocycles. The predicted octanol–water partition coefficient (Wildman–Crippen LogP) is 0.689. The molecule has 22 heavy (non-hydrogen) atoms. The second kappa shape index (κ2) is 7.78. The Morgan fingerprint density at radius 1 is 1.36 bits per heavy atom. The first-order chi connectivity index (χ1) is 10.1. The highest BCUT2D eigenvalue weighted by atomic mass is 16.6. The summed E-state index contributed by atoms with van der Waals surface area (Å²) in [5.41, 5.74) is -0.526. The summed E-state index contributed by atoms with van der Waals surface area (Å²) in [7, 11) is 3.44. The van der Waals surface area contributed by atoms with Gasteiger partial charge in [0.05, 0.1) is 19.3 Å². The zero-order valence-corrected chi connectivity index (χ0v) is 14.5. The van der Waals surface area contributed by atoms with E-state index in [1.807, 2.05) is 27.7 Å². The van der Waals surface area contributed by atoms with Crippen LogP contribution >= 0.6 is 0 Å². The van der Waals surface area contributed by atoms with Crippen LogP contribution in [-0.4, -0.2) is 79.9 Å². The summed E-state index contributed by atoms with van der Waals surface area (Å²) in [6.07, 6.45) is -0.351. The van der Waals surface area contributed by atoms with Gasteiger partial charge >= 0.3 is 6.09 Å². The van der Waals surface area contributed by atoms with Gasteiger partial charge in [0, 0.05) is 33.2 Å². The van der Waals surface area contributed by atoms with Crippen molar-refractivity contribution in [2.24, 2.45) is 0 Å². The van der Waals surface area contributed by atoms with E-state index in [0.29, 0.717) is 26.3 Å². The highest BCUT2D eigenvalue weighted by Crippen LogP contribution is 2.11. The zero-order valence-electron chi connectivity index (χ0n) is 14.5. The summed E-state index contributed by atoms with van der Waals surface area (Å²) in [6, 6.07) is -0.434. The number of amides is 2. The minimum absolute atomic E-state index is 0.00642. The molecule has 1 saturated heterocycles. The summed E-state index contributed by atoms with van der Waals surface area (Å²) >= 11 is 0. The summed E-state index contributed by atoms with van der Waals surface area (Å²) in [6.45, 7) is 9.21. The van der Waals surface area contributed by atoms with Gasteiger partial charge in [-0.15, -0.1) is 0 Å². The quantitative estimate of drug-likeness (QED) is 0.830. The summed E-state index contributed by atoms with van der Waals surface area (Å²) < 4.78 is 10.9. The second-order valence-corrected chi connectivity index (χ2v) is 6.82. The van der Waals surface area contributed by atoms with Crippen LogP contribution in [0.1, 0.15) is 27.7 Å². The van der Waals surface area contributed by atoms with Crippen molar-refractivity contribution in [2.45, 2.75) is 45.4 Å². The average molecular weight is 315 g/mol. The molecule has 0 radical (unpaired) electrons. The van der Waals surface area contributed by atoms with Crippen LogP contribution in [0.3, 0.4) is 0 Å². The Morgan fingerprint density at radius 3 is 2.55 bits per heavy atom. The number of carbonyl (C=O) groups is 2. The van der Waals surface area contributed by atoms with Crippen molar-refractivity contribution in [2.75, 3.05) is 40.4 Å². The third kappa shape index (κ3) is 6.19. The number of hydrogen-bond acceptors (Lipinski definition) is 5. The number of likely N-dealkylation sites (N-methyl/N-ethyl adjacent to an activating group) is 1. The van der Waals surface area contributed by atoms with Gasteiger partial charge in [0.15, 0.2) is 0 Å². The van der Waals surface area contributed by atoms with Gasteiger partial charge < -0.3 is 19.3 Å². The molecular formula is C15H29N3O4. The molecule has 1 heterocycles. The molecule has 2 amide bonds. The van der Waals surface area contributed by atoms with E-state index >= 15 is 0 Å². The molecule has 0 spiro atoms. The van der Waals surface area contributed by atoms with Gasteiger partial charge in [0.2, 0.25) is 5.91 Å². The molecule has 2 atom stereocenters. The third-order valence-corrected chi connectivity index (χ3v) is 3.21. The molecule has 1 aliphatic heterocycles. The fourth-order valence-corrected chi connectivity index (χ4v) is 2.22. The van der Waals surface area contributed by atoms with Gasteiger partial charge in [-0.25, -0.2) is 4.79 Å². The molecular weight excluding hydrogens is 286 g/mol. The molecule has 128 valence electrons. The SMILES string of the molecule is C[C@H](NC1COCCN(C(=O)OC(C)(C)C)C1)C(=O)N(C)C. The van der Waals surface area contributed by atoms with Crippen molar-refractivity contribution in [3.05, 3.63) is 0 Å². The van der Waals surface area contributed by atoms with E-state index in [9.17, 15) is 9.59 Å². The summed E-state index contributed by atoms with van der Waals surface area (Å²) in [4.78, 5) is 27.3. The lowest BCUT2D eigenvalue weighted by molar-refractivity contribution is -0.130. The van der Waals surface area contributed by atoms with E-state index in [4.69, 9.17) is 9.47 Å². The molecule has 0 bridgehead atoms. The monoisotopic (exact) mass is 315 g/mol. The topological polar surface area (TPSA) is 71.1 Å². The predicted molar refractivity (Wildman–Crippen MR) is 83.7 cm³/mol. The molecule has 1 aliphatic rings. The minimum atomic E-state index is -0.526. The van der Waals surface area contributed by atoms with Crippen molar-refractivity contribution < 1.29 is 19.1 Å². The molecule has 0 aliphatic carbocycles. The van der Waals surface area contributed by atoms with Gasteiger partial charge in [0.25, 0.3) is 0 Å². The minimum Gasteiger partial charge on any atom is -0.444 e. The van der Waals surface area contributed by atoms with E-state index in [-0.39, 0.29) is 24.1 Å². The third-order valence-electron chi connectivity index (χ3n) is 3.21. The standard InChI is InChI=1S/C15H29N3O4/c1-11(13(19)17(5)6)16-12-9-18(7-8-21-10-12)14(20)22-15(2,3)4/h11-12,16H,7-10H2,1-6H3/t11-,12?/m0/s1. The second-order valence-electron chi connectivity index (χ2n) is 6.82. The molecule has 1 fully saturated rings. The van der Waals surface area contributed by atoms with Crippen LogP contribution in [0.2, 0.25) is 0 Å². The van der Waals surface area contributed by atoms with E-state index in [1.54, 1.807) is 23.9 Å². The van der Waals surface area contributed by atoms with E-state index < -0.39 is 5.60 Å². The maximum Gasteiger partial charge on any atom is 0.410 e. The molecule has 0 aromatic rings. The van der Waals surface area contributed by atoms with E-state index in [1.165, 1.54) is 0 Å². The van der Waals surface area contributed by atoms with Crippen molar-refractivity contribution in [1.29, 1.82) is 0 Å². The Labute approximate surface area is 132 Å². The molecule has 1 N–H and O–H groups in total. The van der Waals surface area contributed by atoms with Crippen molar-refractivity contribution >= 4 is 12.0 Å². The number of ether oxygens (including phenoxy) is 2.